The summed E-state index contributed by atoms with van der Waals surface area (Å²) in [7, 11) is 0. The van der Waals surface area contributed by atoms with Gasteiger partial charge in [0.25, 0.3) is 0 Å². The van der Waals surface area contributed by atoms with E-state index < -0.39 is 5.82 Å². The van der Waals surface area contributed by atoms with E-state index in [0.717, 1.165) is 0 Å². The summed E-state index contributed by atoms with van der Waals surface area (Å²) in [5, 5.41) is 0. The fraction of sp³-hybridized carbons (Fsp3) is 0.200. The summed E-state index contributed by atoms with van der Waals surface area (Å²) < 4.78 is 24.6. The SMILES string of the molecule is NC/C=C/c1c(Br)cc2c(c1F)OCO2. The molecular formula is C10H9BrFNO2. The van der Waals surface area contributed by atoms with Crippen molar-refractivity contribution in [2.45, 2.75) is 0 Å². The zero-order valence-electron chi connectivity index (χ0n) is 7.80. The third kappa shape index (κ3) is 1.85. The molecule has 0 aliphatic carbocycles. The molecule has 1 aromatic carbocycles. The summed E-state index contributed by atoms with van der Waals surface area (Å²) in [6.07, 6.45) is 3.28. The Morgan fingerprint density at radius 3 is 3.07 bits per heavy atom. The second kappa shape index (κ2) is 4.20. The van der Waals surface area contributed by atoms with E-state index in [4.69, 9.17) is 15.2 Å². The molecule has 3 nitrogen and oxygen atoms in total. The van der Waals surface area contributed by atoms with Crippen molar-refractivity contribution >= 4 is 22.0 Å². The highest BCUT2D eigenvalue weighted by atomic mass is 79.9. The maximum absolute atomic E-state index is 13.8. The minimum absolute atomic E-state index is 0.0583. The summed E-state index contributed by atoms with van der Waals surface area (Å²) in [5.41, 5.74) is 5.73. The number of benzene rings is 1. The van der Waals surface area contributed by atoms with E-state index in [2.05, 4.69) is 15.9 Å². The number of nitrogens with two attached hydrogens (primary N) is 1. The van der Waals surface area contributed by atoms with Gasteiger partial charge in [-0.1, -0.05) is 12.2 Å². The average Bonchev–Trinajstić information content (AvgIpc) is 2.65. The third-order valence-electron chi connectivity index (χ3n) is 2.01. The first-order chi connectivity index (χ1) is 7.24. The third-order valence-corrected chi connectivity index (χ3v) is 2.67. The molecule has 0 spiro atoms. The van der Waals surface area contributed by atoms with Crippen molar-refractivity contribution in [1.82, 2.24) is 0 Å². The second-order valence-corrected chi connectivity index (χ2v) is 3.81. The van der Waals surface area contributed by atoms with Gasteiger partial charge in [-0.05, 0) is 22.0 Å². The first-order valence-corrected chi connectivity index (χ1v) is 5.17. The molecule has 15 heavy (non-hydrogen) atoms. The maximum atomic E-state index is 13.8. The Balaban J connectivity index is 2.51. The topological polar surface area (TPSA) is 44.5 Å². The highest BCUT2D eigenvalue weighted by Gasteiger charge is 2.22. The smallest absolute Gasteiger partial charge is 0.231 e. The number of fused-ring (bicyclic) bond motifs is 1. The van der Waals surface area contributed by atoms with Crippen molar-refractivity contribution < 1.29 is 13.9 Å². The normalized spacial score (nSPS) is 13.8. The van der Waals surface area contributed by atoms with Crippen molar-refractivity contribution in [1.29, 1.82) is 0 Å². The second-order valence-electron chi connectivity index (χ2n) is 2.96. The molecule has 1 heterocycles. The van der Waals surface area contributed by atoms with Gasteiger partial charge in [-0.15, -0.1) is 0 Å². The van der Waals surface area contributed by atoms with Crippen LogP contribution in [0.15, 0.2) is 16.6 Å². The predicted molar refractivity (Wildman–Crippen MR) is 58.3 cm³/mol. The van der Waals surface area contributed by atoms with E-state index in [1.807, 2.05) is 0 Å². The molecule has 5 heteroatoms. The minimum Gasteiger partial charge on any atom is -0.453 e. The standard InChI is InChI=1S/C10H9BrFNO2/c11-7-4-8-10(15-5-14-8)9(12)6(7)2-1-3-13/h1-2,4H,3,5,13H2/b2-1+. The molecular weight excluding hydrogens is 265 g/mol. The van der Waals surface area contributed by atoms with Gasteiger partial charge in [0.1, 0.15) is 0 Å². The molecule has 0 saturated carbocycles. The zero-order valence-corrected chi connectivity index (χ0v) is 9.38. The average molecular weight is 274 g/mol. The number of halogens is 2. The van der Waals surface area contributed by atoms with Gasteiger partial charge in [0.05, 0.1) is 0 Å². The maximum Gasteiger partial charge on any atom is 0.231 e. The molecule has 0 atom stereocenters. The molecule has 2 rings (SSSR count). The quantitative estimate of drug-likeness (QED) is 0.899. The molecule has 0 bridgehead atoms. The van der Waals surface area contributed by atoms with Gasteiger partial charge >= 0.3 is 0 Å². The van der Waals surface area contributed by atoms with Crippen LogP contribution in [-0.4, -0.2) is 13.3 Å². The van der Waals surface area contributed by atoms with Crippen LogP contribution in [0.3, 0.4) is 0 Å². The molecule has 0 amide bonds. The Hall–Kier alpha value is -1.07. The summed E-state index contributed by atoms with van der Waals surface area (Å²) >= 11 is 3.26. The zero-order chi connectivity index (χ0) is 10.8. The van der Waals surface area contributed by atoms with Gasteiger partial charge in [-0.3, -0.25) is 0 Å². The highest BCUT2D eigenvalue weighted by Crippen LogP contribution is 2.40. The van der Waals surface area contributed by atoms with Crippen molar-refractivity contribution in [2.75, 3.05) is 13.3 Å². The van der Waals surface area contributed by atoms with Gasteiger partial charge in [0.15, 0.2) is 11.6 Å². The molecule has 0 saturated heterocycles. The largest absolute Gasteiger partial charge is 0.453 e. The Labute approximate surface area is 94.8 Å². The van der Waals surface area contributed by atoms with Crippen LogP contribution in [0.2, 0.25) is 0 Å². The van der Waals surface area contributed by atoms with Crippen molar-refractivity contribution in [2.24, 2.45) is 5.73 Å². The number of ether oxygens (including phenoxy) is 2. The number of hydrogen-bond acceptors (Lipinski definition) is 3. The van der Waals surface area contributed by atoms with Crippen LogP contribution in [0, 0.1) is 5.82 Å². The Kier molecular flexibility index (Phi) is 2.93. The van der Waals surface area contributed by atoms with Gasteiger partial charge in [0.2, 0.25) is 12.5 Å². The van der Waals surface area contributed by atoms with E-state index >= 15 is 0 Å². The van der Waals surface area contributed by atoms with Crippen LogP contribution < -0.4 is 15.2 Å². The highest BCUT2D eigenvalue weighted by molar-refractivity contribution is 9.10. The van der Waals surface area contributed by atoms with Gasteiger partial charge in [-0.25, -0.2) is 4.39 Å². The first-order valence-electron chi connectivity index (χ1n) is 4.38. The van der Waals surface area contributed by atoms with Crippen LogP contribution in [0.1, 0.15) is 5.56 Å². The van der Waals surface area contributed by atoms with Gasteiger partial charge in [-0.2, -0.15) is 0 Å². The predicted octanol–water partition coefficient (Wildman–Crippen LogP) is 2.29. The molecule has 1 aromatic rings. The van der Waals surface area contributed by atoms with Crippen LogP contribution in [0.5, 0.6) is 11.5 Å². The van der Waals surface area contributed by atoms with E-state index in [-0.39, 0.29) is 12.5 Å². The lowest BCUT2D eigenvalue weighted by Crippen LogP contribution is -1.95. The monoisotopic (exact) mass is 273 g/mol. The summed E-state index contributed by atoms with van der Waals surface area (Å²) in [6, 6.07) is 1.68. The number of hydrogen-bond donors (Lipinski definition) is 1. The molecule has 1 aliphatic heterocycles. The van der Waals surface area contributed by atoms with E-state index in [0.29, 0.717) is 22.3 Å². The molecule has 0 unspecified atom stereocenters. The lowest BCUT2D eigenvalue weighted by atomic mass is 10.1. The van der Waals surface area contributed by atoms with Crippen LogP contribution in [0.4, 0.5) is 4.39 Å². The van der Waals surface area contributed by atoms with E-state index in [9.17, 15) is 4.39 Å². The Morgan fingerprint density at radius 2 is 2.33 bits per heavy atom. The van der Waals surface area contributed by atoms with Crippen molar-refractivity contribution in [3.05, 3.63) is 28.0 Å². The van der Waals surface area contributed by atoms with Gasteiger partial charge < -0.3 is 15.2 Å². The van der Waals surface area contributed by atoms with Crippen LogP contribution in [0.25, 0.3) is 6.08 Å². The molecule has 0 radical (unpaired) electrons. The lowest BCUT2D eigenvalue weighted by molar-refractivity contribution is 0.171. The Morgan fingerprint density at radius 1 is 1.53 bits per heavy atom. The van der Waals surface area contributed by atoms with E-state index in [1.54, 1.807) is 18.2 Å². The molecule has 1 aliphatic rings. The van der Waals surface area contributed by atoms with E-state index in [1.165, 1.54) is 0 Å². The molecule has 80 valence electrons. The lowest BCUT2D eigenvalue weighted by Gasteiger charge is -2.04. The van der Waals surface area contributed by atoms with Crippen LogP contribution in [-0.2, 0) is 0 Å². The van der Waals surface area contributed by atoms with Crippen molar-refractivity contribution in [3.8, 4) is 11.5 Å². The molecule has 0 aromatic heterocycles. The van der Waals surface area contributed by atoms with Gasteiger partial charge in [0, 0.05) is 16.6 Å². The molecule has 2 N–H and O–H groups in total. The summed E-state index contributed by atoms with van der Waals surface area (Å²) in [6.45, 7) is 0.420. The first kappa shape index (κ1) is 10.4. The van der Waals surface area contributed by atoms with Crippen LogP contribution >= 0.6 is 15.9 Å². The van der Waals surface area contributed by atoms with Crippen molar-refractivity contribution in [3.63, 3.8) is 0 Å². The number of rotatable bonds is 2. The summed E-state index contributed by atoms with van der Waals surface area (Å²) in [5.74, 6) is 0.153. The Bertz CT molecular complexity index is 420. The fourth-order valence-corrected chi connectivity index (χ4v) is 1.84. The molecule has 0 fully saturated rings. The fourth-order valence-electron chi connectivity index (χ4n) is 1.33. The summed E-state index contributed by atoms with van der Waals surface area (Å²) in [4.78, 5) is 0. The minimum atomic E-state index is -0.429.